The Labute approximate surface area is 161 Å². The Balaban J connectivity index is 2.05. The first-order chi connectivity index (χ1) is 13.5. The van der Waals surface area contributed by atoms with Crippen molar-refractivity contribution in [3.63, 3.8) is 0 Å². The van der Waals surface area contributed by atoms with Crippen LogP contribution in [-0.2, 0) is 6.54 Å². The molecule has 0 aliphatic carbocycles. The fourth-order valence-corrected chi connectivity index (χ4v) is 2.84. The normalized spacial score (nSPS) is 11.5. The van der Waals surface area contributed by atoms with Gasteiger partial charge in [0.15, 0.2) is 0 Å². The lowest BCUT2D eigenvalue weighted by atomic mass is 10.2. The average Bonchev–Trinajstić information content (AvgIpc) is 2.72. The second-order valence-corrected chi connectivity index (χ2v) is 6.22. The van der Waals surface area contributed by atoms with Crippen molar-refractivity contribution < 1.29 is 4.92 Å². The van der Waals surface area contributed by atoms with Crippen molar-refractivity contribution >= 4 is 22.8 Å². The minimum atomic E-state index is -0.457. The number of para-hydroxylation sites is 1. The van der Waals surface area contributed by atoms with E-state index in [4.69, 9.17) is 0 Å². The zero-order valence-electron chi connectivity index (χ0n) is 15.8. The number of aromatic nitrogens is 2. The smallest absolute Gasteiger partial charge is 0.282 e. The molecule has 2 aromatic carbocycles. The van der Waals surface area contributed by atoms with Crippen molar-refractivity contribution in [2.75, 3.05) is 13.1 Å². The number of nitro benzene ring substituents is 1. The van der Waals surface area contributed by atoms with E-state index in [1.807, 2.05) is 26.0 Å². The summed E-state index contributed by atoms with van der Waals surface area (Å²) in [5, 5.41) is 15.6. The molecule has 1 aromatic heterocycles. The summed E-state index contributed by atoms with van der Waals surface area (Å²) in [5.74, 6) is 0.547. The van der Waals surface area contributed by atoms with Crippen LogP contribution >= 0.6 is 0 Å². The molecule has 0 N–H and O–H groups in total. The second-order valence-electron chi connectivity index (χ2n) is 6.22. The Bertz CT molecular complexity index is 1070. The summed E-state index contributed by atoms with van der Waals surface area (Å²) >= 11 is 0. The third-order valence-electron chi connectivity index (χ3n) is 4.51. The molecular formula is C20H21N5O3. The second kappa shape index (κ2) is 8.53. The molecule has 0 amide bonds. The molecule has 3 aromatic rings. The molecule has 3 rings (SSSR count). The van der Waals surface area contributed by atoms with Gasteiger partial charge in [0.25, 0.3) is 11.2 Å². The van der Waals surface area contributed by atoms with Crippen molar-refractivity contribution in [2.45, 2.75) is 20.4 Å². The lowest BCUT2D eigenvalue weighted by Gasteiger charge is -2.19. The van der Waals surface area contributed by atoms with Crippen LogP contribution in [-0.4, -0.2) is 38.8 Å². The van der Waals surface area contributed by atoms with Gasteiger partial charge in [-0.05, 0) is 42.9 Å². The van der Waals surface area contributed by atoms with Crippen LogP contribution in [0.3, 0.4) is 0 Å². The standard InChI is InChI=1S/C20H21N5O3/c1-3-23(4-2)14-19-22-18-8-6-5-7-17(18)20(26)24(19)21-13-15-9-11-16(12-10-15)25(27)28/h5-13H,3-4,14H2,1-2H3/b21-13+. The molecule has 0 aliphatic rings. The van der Waals surface area contributed by atoms with Gasteiger partial charge in [-0.25, -0.2) is 4.98 Å². The first kappa shape index (κ1) is 19.4. The number of hydrogen-bond donors (Lipinski definition) is 0. The molecule has 0 atom stereocenters. The zero-order chi connectivity index (χ0) is 20.1. The van der Waals surface area contributed by atoms with Crippen LogP contribution in [0.15, 0.2) is 58.4 Å². The topological polar surface area (TPSA) is 93.6 Å². The summed E-state index contributed by atoms with van der Waals surface area (Å²) in [6.07, 6.45) is 1.51. The molecule has 0 unspecified atom stereocenters. The summed E-state index contributed by atoms with van der Waals surface area (Å²) in [6, 6.07) is 13.2. The number of nitro groups is 1. The molecule has 0 radical (unpaired) electrons. The highest BCUT2D eigenvalue weighted by Crippen LogP contribution is 2.12. The van der Waals surface area contributed by atoms with E-state index in [1.165, 1.54) is 23.0 Å². The molecule has 8 nitrogen and oxygen atoms in total. The Kier molecular flexibility index (Phi) is 5.90. The van der Waals surface area contributed by atoms with E-state index in [0.717, 1.165) is 13.1 Å². The van der Waals surface area contributed by atoms with Gasteiger partial charge in [-0.1, -0.05) is 26.0 Å². The van der Waals surface area contributed by atoms with Crippen LogP contribution < -0.4 is 5.56 Å². The van der Waals surface area contributed by atoms with Gasteiger partial charge in [-0.3, -0.25) is 19.8 Å². The molecule has 0 saturated heterocycles. The first-order valence-electron chi connectivity index (χ1n) is 9.05. The summed E-state index contributed by atoms with van der Waals surface area (Å²) in [6.45, 7) is 6.24. The molecule has 0 aliphatic heterocycles. The number of benzene rings is 2. The molecule has 28 heavy (non-hydrogen) atoms. The molecule has 0 saturated carbocycles. The Morgan fingerprint density at radius 1 is 1.14 bits per heavy atom. The van der Waals surface area contributed by atoms with Crippen LogP contribution in [0.25, 0.3) is 10.9 Å². The highest BCUT2D eigenvalue weighted by molar-refractivity contribution is 5.80. The van der Waals surface area contributed by atoms with E-state index < -0.39 is 4.92 Å². The monoisotopic (exact) mass is 379 g/mol. The van der Waals surface area contributed by atoms with Crippen LogP contribution in [0.1, 0.15) is 25.2 Å². The maximum absolute atomic E-state index is 13.0. The van der Waals surface area contributed by atoms with Gasteiger partial charge >= 0.3 is 0 Å². The number of non-ortho nitro benzene ring substituents is 1. The lowest BCUT2D eigenvalue weighted by molar-refractivity contribution is -0.384. The fraction of sp³-hybridized carbons (Fsp3) is 0.250. The van der Waals surface area contributed by atoms with Crippen molar-refractivity contribution in [1.29, 1.82) is 0 Å². The third kappa shape index (κ3) is 4.12. The highest BCUT2D eigenvalue weighted by atomic mass is 16.6. The van der Waals surface area contributed by atoms with Gasteiger partial charge in [-0.15, -0.1) is 0 Å². The summed E-state index contributed by atoms with van der Waals surface area (Å²) in [5.41, 5.74) is 1.05. The Hall–Kier alpha value is -3.39. The predicted molar refractivity (Wildman–Crippen MR) is 109 cm³/mol. The van der Waals surface area contributed by atoms with Crippen molar-refractivity contribution in [3.8, 4) is 0 Å². The van der Waals surface area contributed by atoms with Crippen molar-refractivity contribution in [1.82, 2.24) is 14.6 Å². The lowest BCUT2D eigenvalue weighted by Crippen LogP contribution is -2.29. The largest absolute Gasteiger partial charge is 0.296 e. The zero-order valence-corrected chi connectivity index (χ0v) is 15.8. The summed E-state index contributed by atoms with van der Waals surface area (Å²) < 4.78 is 1.31. The first-order valence-corrected chi connectivity index (χ1v) is 9.05. The average molecular weight is 379 g/mol. The molecule has 0 bridgehead atoms. The van der Waals surface area contributed by atoms with Gasteiger partial charge in [0, 0.05) is 12.1 Å². The number of nitrogens with zero attached hydrogens (tertiary/aromatic N) is 5. The summed E-state index contributed by atoms with van der Waals surface area (Å²) in [7, 11) is 0. The van der Waals surface area contributed by atoms with Crippen LogP contribution in [0, 0.1) is 10.1 Å². The number of fused-ring (bicyclic) bond motifs is 1. The number of rotatable bonds is 7. The van der Waals surface area contributed by atoms with Gasteiger partial charge in [0.05, 0.1) is 28.6 Å². The van der Waals surface area contributed by atoms with Gasteiger partial charge in [0.2, 0.25) is 0 Å². The third-order valence-corrected chi connectivity index (χ3v) is 4.51. The van der Waals surface area contributed by atoms with Gasteiger partial charge in [-0.2, -0.15) is 9.78 Å². The minimum absolute atomic E-state index is 0.00362. The van der Waals surface area contributed by atoms with E-state index in [2.05, 4.69) is 15.0 Å². The van der Waals surface area contributed by atoms with E-state index in [-0.39, 0.29) is 11.2 Å². The van der Waals surface area contributed by atoms with E-state index >= 15 is 0 Å². The van der Waals surface area contributed by atoms with E-state index in [0.29, 0.717) is 28.8 Å². The van der Waals surface area contributed by atoms with Gasteiger partial charge in [0.1, 0.15) is 5.82 Å². The molecular weight excluding hydrogens is 358 g/mol. The molecule has 8 heteroatoms. The van der Waals surface area contributed by atoms with Crippen LogP contribution in [0.5, 0.6) is 0 Å². The SMILES string of the molecule is CCN(CC)Cc1nc2ccccc2c(=O)n1/N=C/c1ccc([N+](=O)[O-])cc1. The molecule has 1 heterocycles. The Morgan fingerprint density at radius 3 is 2.46 bits per heavy atom. The van der Waals surface area contributed by atoms with Crippen LogP contribution in [0.2, 0.25) is 0 Å². The highest BCUT2D eigenvalue weighted by Gasteiger charge is 2.13. The molecule has 0 fully saturated rings. The fourth-order valence-electron chi connectivity index (χ4n) is 2.84. The van der Waals surface area contributed by atoms with Gasteiger partial charge < -0.3 is 0 Å². The molecule has 144 valence electrons. The van der Waals surface area contributed by atoms with E-state index in [1.54, 1.807) is 24.3 Å². The minimum Gasteiger partial charge on any atom is -0.296 e. The quantitative estimate of drug-likeness (QED) is 0.357. The maximum atomic E-state index is 13.0. The Morgan fingerprint density at radius 2 is 1.82 bits per heavy atom. The summed E-state index contributed by atoms with van der Waals surface area (Å²) in [4.78, 5) is 30.1. The number of hydrogen-bond acceptors (Lipinski definition) is 6. The van der Waals surface area contributed by atoms with E-state index in [9.17, 15) is 14.9 Å². The predicted octanol–water partition coefficient (Wildman–Crippen LogP) is 3.03. The van der Waals surface area contributed by atoms with Crippen LogP contribution in [0.4, 0.5) is 5.69 Å². The van der Waals surface area contributed by atoms with Crippen molar-refractivity contribution in [2.24, 2.45) is 5.10 Å². The maximum Gasteiger partial charge on any atom is 0.282 e. The molecule has 0 spiro atoms. The van der Waals surface area contributed by atoms with Crippen molar-refractivity contribution in [3.05, 3.63) is 80.4 Å².